The molecule has 0 spiro atoms. The van der Waals surface area contributed by atoms with Crippen molar-refractivity contribution in [1.82, 2.24) is 10.6 Å². The fourth-order valence-corrected chi connectivity index (χ4v) is 1.94. The molecule has 100 valence electrons. The summed E-state index contributed by atoms with van der Waals surface area (Å²) in [4.78, 5) is 36.1. The number of hydrogen-bond acceptors (Lipinski definition) is 5. The number of nitrogens with one attached hydrogen (secondary N) is 2. The van der Waals surface area contributed by atoms with Gasteiger partial charge in [0.25, 0.3) is 5.91 Å². The fraction of sp³-hybridized carbons (Fsp3) is 0.250. The molecular weight excluding hydrogens is 248 g/mol. The molecule has 1 saturated heterocycles. The maximum atomic E-state index is 11.8. The molecule has 1 aromatic rings. The van der Waals surface area contributed by atoms with Crippen molar-refractivity contribution >= 4 is 29.1 Å². The van der Waals surface area contributed by atoms with Gasteiger partial charge in [-0.3, -0.25) is 19.7 Å². The average Bonchev–Trinajstić information content (AvgIpc) is 2.36. The van der Waals surface area contributed by atoms with Gasteiger partial charge >= 0.3 is 0 Å². The van der Waals surface area contributed by atoms with Crippen LogP contribution in [0.5, 0.6) is 0 Å². The van der Waals surface area contributed by atoms with Crippen LogP contribution in [0, 0.1) is 0 Å². The van der Waals surface area contributed by atoms with Gasteiger partial charge in [0.05, 0.1) is 24.3 Å². The van der Waals surface area contributed by atoms with E-state index in [2.05, 4.69) is 10.6 Å². The van der Waals surface area contributed by atoms with Crippen LogP contribution in [0.4, 0.5) is 11.4 Å². The molecule has 0 saturated carbocycles. The Morgan fingerprint density at radius 3 is 2.53 bits per heavy atom. The molecule has 0 bridgehead atoms. The molecule has 1 aliphatic heterocycles. The number of nitrogens with zero attached hydrogens (tertiary/aromatic N) is 1. The average molecular weight is 262 g/mol. The molecule has 1 aliphatic rings. The molecule has 19 heavy (non-hydrogen) atoms. The number of anilines is 2. The minimum Gasteiger partial charge on any atom is -0.399 e. The third kappa shape index (κ3) is 2.65. The summed E-state index contributed by atoms with van der Waals surface area (Å²) in [6, 6.07) is 4.75. The zero-order chi connectivity index (χ0) is 14.0. The number of piperazine rings is 1. The quantitative estimate of drug-likeness (QED) is 0.473. The van der Waals surface area contributed by atoms with Crippen LogP contribution in [0.15, 0.2) is 18.2 Å². The number of carbonyl (C=O) groups excluding carboxylic acids is 3. The molecule has 2 rings (SSSR count). The van der Waals surface area contributed by atoms with E-state index in [0.29, 0.717) is 16.9 Å². The molecule has 3 amide bonds. The molecule has 1 fully saturated rings. The molecule has 7 heteroatoms. The van der Waals surface area contributed by atoms with Crippen LogP contribution in [0.25, 0.3) is 0 Å². The van der Waals surface area contributed by atoms with Crippen molar-refractivity contribution in [1.29, 1.82) is 0 Å². The summed E-state index contributed by atoms with van der Waals surface area (Å²) in [5.41, 5.74) is 7.01. The van der Waals surface area contributed by atoms with Gasteiger partial charge < -0.3 is 16.0 Å². The first-order valence-corrected chi connectivity index (χ1v) is 5.70. The van der Waals surface area contributed by atoms with E-state index in [1.54, 1.807) is 18.2 Å². The Balaban J connectivity index is 2.42. The summed E-state index contributed by atoms with van der Waals surface area (Å²) in [5.74, 6) is -1.10. The third-order valence-electron chi connectivity index (χ3n) is 2.78. The van der Waals surface area contributed by atoms with Gasteiger partial charge in [0.2, 0.25) is 11.8 Å². The number of benzene rings is 1. The second kappa shape index (κ2) is 4.97. The number of nitrogen functional groups attached to an aromatic ring is 1. The van der Waals surface area contributed by atoms with Crippen molar-refractivity contribution < 1.29 is 14.4 Å². The summed E-state index contributed by atoms with van der Waals surface area (Å²) in [7, 11) is 1.51. The van der Waals surface area contributed by atoms with Gasteiger partial charge in [0, 0.05) is 12.7 Å². The lowest BCUT2D eigenvalue weighted by Gasteiger charge is -2.29. The van der Waals surface area contributed by atoms with Crippen LogP contribution in [0.3, 0.4) is 0 Å². The molecule has 0 radical (unpaired) electrons. The van der Waals surface area contributed by atoms with Crippen LogP contribution in [-0.4, -0.2) is 37.9 Å². The zero-order valence-corrected chi connectivity index (χ0v) is 10.4. The van der Waals surface area contributed by atoms with Crippen molar-refractivity contribution in [3.05, 3.63) is 23.8 Å². The van der Waals surface area contributed by atoms with Gasteiger partial charge in [0.15, 0.2) is 0 Å². The van der Waals surface area contributed by atoms with Crippen molar-refractivity contribution in [3.8, 4) is 0 Å². The van der Waals surface area contributed by atoms with E-state index >= 15 is 0 Å². The lowest BCUT2D eigenvalue weighted by molar-refractivity contribution is -0.130. The maximum absolute atomic E-state index is 11.8. The minimum atomic E-state index is -0.401. The third-order valence-corrected chi connectivity index (χ3v) is 2.78. The Labute approximate surface area is 109 Å². The van der Waals surface area contributed by atoms with E-state index in [9.17, 15) is 14.4 Å². The lowest BCUT2D eigenvalue weighted by atomic mass is 10.1. The van der Waals surface area contributed by atoms with Gasteiger partial charge in [-0.25, -0.2) is 0 Å². The number of amides is 3. The zero-order valence-electron chi connectivity index (χ0n) is 10.4. The first kappa shape index (κ1) is 12.9. The number of rotatable bonds is 2. The van der Waals surface area contributed by atoms with E-state index in [-0.39, 0.29) is 19.0 Å². The van der Waals surface area contributed by atoms with E-state index in [0.717, 1.165) is 0 Å². The van der Waals surface area contributed by atoms with Gasteiger partial charge in [-0.15, -0.1) is 0 Å². The van der Waals surface area contributed by atoms with Crippen molar-refractivity contribution in [2.45, 2.75) is 0 Å². The maximum Gasteiger partial charge on any atom is 0.253 e. The molecule has 1 aromatic carbocycles. The van der Waals surface area contributed by atoms with Gasteiger partial charge in [-0.2, -0.15) is 0 Å². The minimum absolute atomic E-state index is 0.0131. The largest absolute Gasteiger partial charge is 0.399 e. The number of nitrogens with two attached hydrogens (primary N) is 1. The predicted molar refractivity (Wildman–Crippen MR) is 69.6 cm³/mol. The summed E-state index contributed by atoms with van der Waals surface area (Å²) < 4.78 is 0. The standard InChI is InChI=1S/C12H14N4O3/c1-14-12(19)8-3-2-7(13)4-9(8)16-5-10(17)15-11(18)6-16/h2-4H,5-6,13H2,1H3,(H,14,19)(H,15,17,18). The van der Waals surface area contributed by atoms with Crippen LogP contribution in [0.2, 0.25) is 0 Å². The second-order valence-corrected chi connectivity index (χ2v) is 4.18. The summed E-state index contributed by atoms with van der Waals surface area (Å²) in [5, 5.41) is 4.72. The van der Waals surface area contributed by atoms with E-state index in [4.69, 9.17) is 5.73 Å². The Hall–Kier alpha value is -2.57. The molecule has 4 N–H and O–H groups in total. The number of carbonyl (C=O) groups is 3. The molecule has 0 aromatic heterocycles. The second-order valence-electron chi connectivity index (χ2n) is 4.18. The van der Waals surface area contributed by atoms with Crippen molar-refractivity contribution in [2.24, 2.45) is 0 Å². The van der Waals surface area contributed by atoms with Crippen molar-refractivity contribution in [2.75, 3.05) is 30.8 Å². The molecule has 0 atom stereocenters. The Morgan fingerprint density at radius 1 is 1.32 bits per heavy atom. The van der Waals surface area contributed by atoms with E-state index < -0.39 is 11.8 Å². The Bertz CT molecular complexity index is 540. The fourth-order valence-electron chi connectivity index (χ4n) is 1.94. The first-order valence-electron chi connectivity index (χ1n) is 5.70. The Morgan fingerprint density at radius 2 is 1.95 bits per heavy atom. The summed E-state index contributed by atoms with van der Waals surface area (Å²) in [6.45, 7) is 0.0262. The van der Waals surface area contributed by atoms with Crippen molar-refractivity contribution in [3.63, 3.8) is 0 Å². The van der Waals surface area contributed by atoms with Crippen LogP contribution < -0.4 is 21.3 Å². The molecule has 7 nitrogen and oxygen atoms in total. The normalized spacial score (nSPS) is 15.1. The number of imide groups is 1. The Kier molecular flexibility index (Phi) is 3.37. The van der Waals surface area contributed by atoms with Gasteiger partial charge in [0.1, 0.15) is 0 Å². The monoisotopic (exact) mass is 262 g/mol. The topological polar surface area (TPSA) is 105 Å². The molecule has 0 unspecified atom stereocenters. The molecule has 1 heterocycles. The molecule has 0 aliphatic carbocycles. The van der Waals surface area contributed by atoms with Crippen LogP contribution in [-0.2, 0) is 9.59 Å². The SMILES string of the molecule is CNC(=O)c1ccc(N)cc1N1CC(=O)NC(=O)C1. The highest BCUT2D eigenvalue weighted by Crippen LogP contribution is 2.24. The highest BCUT2D eigenvalue weighted by Gasteiger charge is 2.25. The highest BCUT2D eigenvalue weighted by atomic mass is 16.2. The lowest BCUT2D eigenvalue weighted by Crippen LogP contribution is -2.52. The molecular formula is C12H14N4O3. The smallest absolute Gasteiger partial charge is 0.253 e. The van der Waals surface area contributed by atoms with Crippen LogP contribution in [0.1, 0.15) is 10.4 Å². The number of hydrogen-bond donors (Lipinski definition) is 3. The predicted octanol–water partition coefficient (Wildman–Crippen LogP) is -0.909. The van der Waals surface area contributed by atoms with Gasteiger partial charge in [-0.05, 0) is 18.2 Å². The highest BCUT2D eigenvalue weighted by molar-refractivity contribution is 6.06. The van der Waals surface area contributed by atoms with Crippen LogP contribution >= 0.6 is 0 Å². The van der Waals surface area contributed by atoms with Gasteiger partial charge in [-0.1, -0.05) is 0 Å². The van der Waals surface area contributed by atoms with E-state index in [1.165, 1.54) is 11.9 Å². The first-order chi connectivity index (χ1) is 9.01. The van der Waals surface area contributed by atoms with E-state index in [1.807, 2.05) is 0 Å². The summed E-state index contributed by atoms with van der Waals surface area (Å²) >= 11 is 0. The summed E-state index contributed by atoms with van der Waals surface area (Å²) in [6.07, 6.45) is 0.